The molecule has 0 aliphatic rings. The minimum Gasteiger partial charge on any atom is -0.275 e. The summed E-state index contributed by atoms with van der Waals surface area (Å²) in [5, 5.41) is 4.50. The van der Waals surface area contributed by atoms with Gasteiger partial charge in [-0.1, -0.05) is 24.3 Å². The zero-order valence-electron chi connectivity index (χ0n) is 12.6. The Labute approximate surface area is 137 Å². The Kier molecular flexibility index (Phi) is 3.59. The van der Waals surface area contributed by atoms with E-state index in [4.69, 9.17) is 0 Å². The van der Waals surface area contributed by atoms with Crippen LogP contribution in [0.1, 0.15) is 5.56 Å². The Hall–Kier alpha value is -3.35. The van der Waals surface area contributed by atoms with Crippen LogP contribution < -0.4 is 0 Å². The van der Waals surface area contributed by atoms with Crippen molar-refractivity contribution in [3.05, 3.63) is 78.8 Å². The molecule has 0 bridgehead atoms. The first kappa shape index (κ1) is 14.3. The highest BCUT2D eigenvalue weighted by Crippen LogP contribution is 2.17. The Balaban J connectivity index is 1.80. The van der Waals surface area contributed by atoms with Gasteiger partial charge in [0.25, 0.3) is 0 Å². The predicted molar refractivity (Wildman–Crippen MR) is 85.9 cm³/mol. The Morgan fingerprint density at radius 1 is 1.00 bits per heavy atom. The van der Waals surface area contributed by atoms with Crippen molar-refractivity contribution >= 4 is 0 Å². The van der Waals surface area contributed by atoms with E-state index in [0.29, 0.717) is 23.0 Å². The molecule has 6 nitrogen and oxygen atoms in total. The first-order valence-corrected chi connectivity index (χ1v) is 7.39. The van der Waals surface area contributed by atoms with Gasteiger partial charge in [-0.15, -0.1) is 5.10 Å². The second-order valence-corrected chi connectivity index (χ2v) is 5.17. The van der Waals surface area contributed by atoms with Crippen LogP contribution in [0.25, 0.3) is 17.5 Å². The summed E-state index contributed by atoms with van der Waals surface area (Å²) in [4.78, 5) is 12.8. The lowest BCUT2D eigenvalue weighted by Gasteiger charge is -2.06. The van der Waals surface area contributed by atoms with E-state index in [0.717, 1.165) is 0 Å². The van der Waals surface area contributed by atoms with Gasteiger partial charge in [0.2, 0.25) is 11.8 Å². The molecule has 0 N–H and O–H groups in total. The van der Waals surface area contributed by atoms with E-state index in [1.165, 1.54) is 6.07 Å². The number of rotatable bonds is 4. The highest BCUT2D eigenvalue weighted by Gasteiger charge is 2.15. The number of nitrogens with zero attached hydrogens (tertiary/aromatic N) is 6. The van der Waals surface area contributed by atoms with Crippen LogP contribution in [-0.2, 0) is 6.54 Å². The molecular weight excluding hydrogens is 307 g/mol. The molecule has 4 aromatic rings. The molecule has 3 heterocycles. The smallest absolute Gasteiger partial charge is 0.234 e. The third-order valence-corrected chi connectivity index (χ3v) is 3.56. The van der Waals surface area contributed by atoms with Gasteiger partial charge in [0, 0.05) is 24.2 Å². The quantitative estimate of drug-likeness (QED) is 0.580. The monoisotopic (exact) mass is 320 g/mol. The molecule has 7 heteroatoms. The van der Waals surface area contributed by atoms with Gasteiger partial charge in [0.15, 0.2) is 0 Å². The minimum absolute atomic E-state index is 0.264. The molecule has 0 unspecified atom stereocenters. The van der Waals surface area contributed by atoms with Crippen LogP contribution >= 0.6 is 0 Å². The normalized spacial score (nSPS) is 10.9. The van der Waals surface area contributed by atoms with Crippen molar-refractivity contribution in [3.63, 3.8) is 0 Å². The second-order valence-electron chi connectivity index (χ2n) is 5.17. The number of hydrogen-bond donors (Lipinski definition) is 0. The van der Waals surface area contributed by atoms with E-state index < -0.39 is 0 Å². The van der Waals surface area contributed by atoms with E-state index in [1.54, 1.807) is 52.4 Å². The van der Waals surface area contributed by atoms with Crippen LogP contribution in [0.3, 0.4) is 0 Å². The minimum atomic E-state index is -0.274. The summed E-state index contributed by atoms with van der Waals surface area (Å²) in [5.74, 6) is 0.760. The van der Waals surface area contributed by atoms with E-state index in [2.05, 4.69) is 20.1 Å². The molecule has 0 saturated heterocycles. The number of benzene rings is 1. The van der Waals surface area contributed by atoms with Gasteiger partial charge in [-0.2, -0.15) is 4.98 Å². The van der Waals surface area contributed by atoms with Crippen molar-refractivity contribution in [1.29, 1.82) is 0 Å². The largest absolute Gasteiger partial charge is 0.275 e. The molecule has 4 rings (SSSR count). The second kappa shape index (κ2) is 6.04. The molecule has 0 radical (unpaired) electrons. The molecule has 0 atom stereocenters. The summed E-state index contributed by atoms with van der Waals surface area (Å²) in [6, 6.07) is 12.2. The number of halogens is 1. The Morgan fingerprint density at radius 2 is 1.88 bits per heavy atom. The van der Waals surface area contributed by atoms with Crippen LogP contribution in [-0.4, -0.2) is 29.3 Å². The lowest BCUT2D eigenvalue weighted by molar-refractivity contribution is 0.579. The fraction of sp³-hybridized carbons (Fsp3) is 0.0588. The van der Waals surface area contributed by atoms with Crippen LogP contribution in [0, 0.1) is 5.82 Å². The van der Waals surface area contributed by atoms with Gasteiger partial charge >= 0.3 is 0 Å². The lowest BCUT2D eigenvalue weighted by Crippen LogP contribution is -2.09. The average Bonchev–Trinajstić information content (AvgIpc) is 3.27. The molecule has 24 heavy (non-hydrogen) atoms. The van der Waals surface area contributed by atoms with Crippen molar-refractivity contribution in [2.24, 2.45) is 0 Å². The maximum Gasteiger partial charge on any atom is 0.234 e. The van der Waals surface area contributed by atoms with Crippen molar-refractivity contribution in [1.82, 2.24) is 29.3 Å². The van der Waals surface area contributed by atoms with Gasteiger partial charge in [-0.3, -0.25) is 9.55 Å². The molecule has 1 aromatic carbocycles. The fourth-order valence-corrected chi connectivity index (χ4v) is 2.40. The van der Waals surface area contributed by atoms with Gasteiger partial charge in [0.05, 0.1) is 6.54 Å². The maximum absolute atomic E-state index is 14.0. The SMILES string of the molecule is Fc1ccccc1Cn1nc(-c2ccccn2)nc1-n1ccnc1. The molecular formula is C17H13FN6. The standard InChI is InChI=1S/C17H13FN6/c18-14-6-2-1-5-13(14)11-24-17(23-10-9-19-12-23)21-16(22-24)15-7-3-4-8-20-15/h1-10,12H,11H2. The van der Waals surface area contributed by atoms with Crippen molar-refractivity contribution in [3.8, 4) is 17.5 Å². The number of aromatic nitrogens is 6. The van der Waals surface area contributed by atoms with Gasteiger partial charge in [0.1, 0.15) is 17.8 Å². The van der Waals surface area contributed by atoms with Gasteiger partial charge < -0.3 is 0 Å². The summed E-state index contributed by atoms with van der Waals surface area (Å²) >= 11 is 0. The number of imidazole rings is 1. The van der Waals surface area contributed by atoms with E-state index in [1.807, 2.05) is 18.2 Å². The molecule has 0 fully saturated rings. The van der Waals surface area contributed by atoms with Crippen LogP contribution in [0.5, 0.6) is 0 Å². The van der Waals surface area contributed by atoms with Crippen molar-refractivity contribution in [2.45, 2.75) is 6.54 Å². The lowest BCUT2D eigenvalue weighted by atomic mass is 10.2. The molecule has 0 aliphatic heterocycles. The van der Waals surface area contributed by atoms with E-state index in [-0.39, 0.29) is 12.4 Å². The zero-order valence-corrected chi connectivity index (χ0v) is 12.6. The molecule has 0 saturated carbocycles. The summed E-state index contributed by atoms with van der Waals surface area (Å²) in [5.41, 5.74) is 1.20. The van der Waals surface area contributed by atoms with Crippen molar-refractivity contribution in [2.75, 3.05) is 0 Å². The number of pyridine rings is 1. The highest BCUT2D eigenvalue weighted by atomic mass is 19.1. The summed E-state index contributed by atoms with van der Waals surface area (Å²) in [7, 11) is 0. The molecule has 0 spiro atoms. The molecule has 0 amide bonds. The van der Waals surface area contributed by atoms with E-state index in [9.17, 15) is 4.39 Å². The summed E-state index contributed by atoms with van der Waals surface area (Å²) < 4.78 is 17.4. The fourth-order valence-electron chi connectivity index (χ4n) is 2.40. The van der Waals surface area contributed by atoms with E-state index >= 15 is 0 Å². The average molecular weight is 320 g/mol. The topological polar surface area (TPSA) is 61.4 Å². The summed E-state index contributed by atoms with van der Waals surface area (Å²) in [6.07, 6.45) is 6.74. The highest BCUT2D eigenvalue weighted by molar-refractivity contribution is 5.49. The molecule has 0 aliphatic carbocycles. The van der Waals surface area contributed by atoms with Gasteiger partial charge in [-0.25, -0.2) is 14.1 Å². The van der Waals surface area contributed by atoms with Crippen molar-refractivity contribution < 1.29 is 4.39 Å². The van der Waals surface area contributed by atoms with Crippen LogP contribution in [0.2, 0.25) is 0 Å². The first-order valence-electron chi connectivity index (χ1n) is 7.39. The van der Waals surface area contributed by atoms with Crippen LogP contribution in [0.4, 0.5) is 4.39 Å². The summed E-state index contributed by atoms with van der Waals surface area (Å²) in [6.45, 7) is 0.264. The third-order valence-electron chi connectivity index (χ3n) is 3.56. The molecule has 118 valence electrons. The Bertz CT molecular complexity index is 946. The zero-order chi connectivity index (χ0) is 16.4. The Morgan fingerprint density at radius 3 is 2.62 bits per heavy atom. The first-order chi connectivity index (χ1) is 11.8. The number of hydrogen-bond acceptors (Lipinski definition) is 4. The maximum atomic E-state index is 14.0. The third kappa shape index (κ3) is 2.67. The van der Waals surface area contributed by atoms with Crippen LogP contribution in [0.15, 0.2) is 67.4 Å². The predicted octanol–water partition coefficient (Wildman–Crippen LogP) is 2.71. The van der Waals surface area contributed by atoms with Gasteiger partial charge in [-0.05, 0) is 18.2 Å². The molecule has 3 aromatic heterocycles.